The Labute approximate surface area is 189 Å². The van der Waals surface area contributed by atoms with Crippen LogP contribution in [-0.4, -0.2) is 47.9 Å². The van der Waals surface area contributed by atoms with Crippen LogP contribution in [0.5, 0.6) is 5.75 Å². The summed E-state index contributed by atoms with van der Waals surface area (Å²) in [6.07, 6.45) is 4.92. The number of amides is 2. The average Bonchev–Trinajstić information content (AvgIpc) is 2.83. The Hall–Kier alpha value is -2.93. The third-order valence-electron chi connectivity index (χ3n) is 6.43. The lowest BCUT2D eigenvalue weighted by Gasteiger charge is -2.38. The van der Waals surface area contributed by atoms with Crippen LogP contribution in [-0.2, 0) is 22.7 Å². The van der Waals surface area contributed by atoms with Gasteiger partial charge in [0.25, 0.3) is 0 Å². The molecule has 0 spiro atoms. The van der Waals surface area contributed by atoms with Gasteiger partial charge in [-0.1, -0.05) is 24.3 Å². The molecule has 1 aromatic carbocycles. The number of hydrogen-bond donors (Lipinski definition) is 2. The number of aromatic nitrogens is 1. The van der Waals surface area contributed by atoms with Gasteiger partial charge in [0, 0.05) is 37.8 Å². The van der Waals surface area contributed by atoms with Crippen LogP contribution < -0.4 is 15.4 Å². The number of fused-ring (bicyclic) bond motifs is 3. The normalized spacial score (nSPS) is 21.9. The number of carbonyl (C=O) groups excluding carboxylic acids is 2. The van der Waals surface area contributed by atoms with Gasteiger partial charge in [-0.15, -0.1) is 0 Å². The summed E-state index contributed by atoms with van der Waals surface area (Å²) in [5.41, 5.74) is 1.92. The molecule has 7 nitrogen and oxygen atoms in total. The summed E-state index contributed by atoms with van der Waals surface area (Å²) in [6, 6.07) is 13.7. The Balaban J connectivity index is 1.36. The maximum absolute atomic E-state index is 12.8. The molecule has 2 atom stereocenters. The minimum Gasteiger partial charge on any atom is -0.493 e. The van der Waals surface area contributed by atoms with E-state index in [2.05, 4.69) is 15.6 Å². The molecule has 3 heterocycles. The molecule has 0 radical (unpaired) electrons. The summed E-state index contributed by atoms with van der Waals surface area (Å²) < 4.78 is 6.04. The fraction of sp³-hybridized carbons (Fsp3) is 0.480. The molecule has 2 N–H and O–H groups in total. The maximum atomic E-state index is 12.8. The van der Waals surface area contributed by atoms with Crippen molar-refractivity contribution in [2.45, 2.75) is 38.8 Å². The van der Waals surface area contributed by atoms with Crippen molar-refractivity contribution in [1.82, 2.24) is 20.5 Å². The molecule has 1 aromatic heterocycles. The first kappa shape index (κ1) is 22.3. The summed E-state index contributed by atoms with van der Waals surface area (Å²) in [7, 11) is 0. The van der Waals surface area contributed by atoms with Gasteiger partial charge in [-0.3, -0.25) is 14.6 Å². The van der Waals surface area contributed by atoms with Gasteiger partial charge in [0.2, 0.25) is 11.8 Å². The van der Waals surface area contributed by atoms with Gasteiger partial charge in [-0.25, -0.2) is 0 Å². The van der Waals surface area contributed by atoms with Crippen LogP contribution in [0.15, 0.2) is 48.7 Å². The SMILES string of the molecule is O=C(C[C@@H]1CCN2C[C@@H]1CCCOc1ccccc1CNCC2=O)NCc1ccccn1. The molecular formula is C25H32N4O3. The number of rotatable bonds is 4. The highest BCUT2D eigenvalue weighted by atomic mass is 16.5. The molecule has 32 heavy (non-hydrogen) atoms. The molecule has 1 saturated heterocycles. The van der Waals surface area contributed by atoms with E-state index < -0.39 is 0 Å². The Morgan fingerprint density at radius 3 is 2.91 bits per heavy atom. The fourth-order valence-electron chi connectivity index (χ4n) is 4.64. The van der Waals surface area contributed by atoms with E-state index in [1.807, 2.05) is 47.4 Å². The molecule has 2 aliphatic heterocycles. The average molecular weight is 437 g/mol. The minimum atomic E-state index is 0.0511. The van der Waals surface area contributed by atoms with Crippen LogP contribution in [0.3, 0.4) is 0 Å². The molecular weight excluding hydrogens is 404 g/mol. The Kier molecular flexibility index (Phi) is 7.72. The van der Waals surface area contributed by atoms with Crippen LogP contribution >= 0.6 is 0 Å². The summed E-state index contributed by atoms with van der Waals surface area (Å²) in [5, 5.41) is 6.27. The molecule has 7 heteroatoms. The van der Waals surface area contributed by atoms with Crippen molar-refractivity contribution < 1.29 is 14.3 Å². The minimum absolute atomic E-state index is 0.0511. The van der Waals surface area contributed by atoms with Crippen molar-refractivity contribution in [3.63, 3.8) is 0 Å². The van der Waals surface area contributed by atoms with Gasteiger partial charge in [-0.2, -0.15) is 0 Å². The molecule has 0 unspecified atom stereocenters. The predicted octanol–water partition coefficient (Wildman–Crippen LogP) is 2.52. The van der Waals surface area contributed by atoms with Gasteiger partial charge in [0.15, 0.2) is 0 Å². The second-order valence-corrected chi connectivity index (χ2v) is 8.65. The Morgan fingerprint density at radius 2 is 2.03 bits per heavy atom. The van der Waals surface area contributed by atoms with Crippen molar-refractivity contribution in [1.29, 1.82) is 0 Å². The van der Waals surface area contributed by atoms with Crippen LogP contribution in [0.25, 0.3) is 0 Å². The Morgan fingerprint density at radius 1 is 1.16 bits per heavy atom. The highest BCUT2D eigenvalue weighted by molar-refractivity contribution is 5.78. The lowest BCUT2D eigenvalue weighted by molar-refractivity contribution is -0.133. The number of nitrogens with zero attached hydrogens (tertiary/aromatic N) is 2. The molecule has 0 aliphatic carbocycles. The molecule has 1 fully saturated rings. The number of hydrogen-bond acceptors (Lipinski definition) is 5. The summed E-state index contributed by atoms with van der Waals surface area (Å²) in [5.74, 6) is 1.63. The van der Waals surface area contributed by atoms with Gasteiger partial charge in [0.1, 0.15) is 5.75 Å². The summed E-state index contributed by atoms with van der Waals surface area (Å²) in [6.45, 7) is 3.43. The van der Waals surface area contributed by atoms with Crippen molar-refractivity contribution in [2.75, 3.05) is 26.2 Å². The third kappa shape index (κ3) is 6.07. The number of piperidine rings is 1. The summed E-state index contributed by atoms with van der Waals surface area (Å²) >= 11 is 0. The zero-order chi connectivity index (χ0) is 22.2. The summed E-state index contributed by atoms with van der Waals surface area (Å²) in [4.78, 5) is 31.6. The van der Waals surface area contributed by atoms with Crippen LogP contribution in [0, 0.1) is 11.8 Å². The lowest BCUT2D eigenvalue weighted by atomic mass is 9.80. The fourth-order valence-corrected chi connectivity index (χ4v) is 4.64. The van der Waals surface area contributed by atoms with Gasteiger partial charge >= 0.3 is 0 Å². The zero-order valence-corrected chi connectivity index (χ0v) is 18.5. The number of para-hydroxylation sites is 1. The second kappa shape index (κ2) is 11.1. The van der Waals surface area contributed by atoms with Gasteiger partial charge in [0.05, 0.1) is 25.4 Å². The number of ether oxygens (including phenoxy) is 1. The molecule has 2 bridgehead atoms. The van der Waals surface area contributed by atoms with Crippen molar-refractivity contribution in [2.24, 2.45) is 11.8 Å². The lowest BCUT2D eigenvalue weighted by Crippen LogP contribution is -2.47. The van der Waals surface area contributed by atoms with E-state index in [1.165, 1.54) is 0 Å². The van der Waals surface area contributed by atoms with E-state index in [1.54, 1.807) is 6.20 Å². The highest BCUT2D eigenvalue weighted by Gasteiger charge is 2.32. The number of pyridine rings is 1. The first-order chi connectivity index (χ1) is 15.7. The highest BCUT2D eigenvalue weighted by Crippen LogP contribution is 2.30. The van der Waals surface area contributed by atoms with Crippen molar-refractivity contribution in [3.05, 3.63) is 59.9 Å². The molecule has 0 saturated carbocycles. The number of nitrogens with one attached hydrogen (secondary N) is 2. The van der Waals surface area contributed by atoms with Gasteiger partial charge in [-0.05, 0) is 49.3 Å². The zero-order valence-electron chi connectivity index (χ0n) is 18.5. The van der Waals surface area contributed by atoms with E-state index in [9.17, 15) is 9.59 Å². The van der Waals surface area contributed by atoms with Crippen molar-refractivity contribution in [3.8, 4) is 5.75 Å². The van der Waals surface area contributed by atoms with Crippen LogP contribution in [0.4, 0.5) is 0 Å². The third-order valence-corrected chi connectivity index (χ3v) is 6.43. The topological polar surface area (TPSA) is 83.6 Å². The van der Waals surface area contributed by atoms with E-state index in [-0.39, 0.29) is 17.7 Å². The standard InChI is InChI=1S/C25H32N4O3/c30-24(28-16-22-8-3-4-11-27-22)14-19-10-12-29-18-21(19)7-5-13-32-23-9-2-1-6-20(23)15-26-17-25(29)31/h1-4,6,8-9,11,19,21,26H,5,7,10,12-18H2,(H,28,30)/t19-,21-/m0/s1. The smallest absolute Gasteiger partial charge is 0.236 e. The quantitative estimate of drug-likeness (QED) is 0.770. The van der Waals surface area contributed by atoms with Crippen LogP contribution in [0.2, 0.25) is 0 Å². The molecule has 2 amide bonds. The monoisotopic (exact) mass is 436 g/mol. The van der Waals surface area contributed by atoms with E-state index in [0.29, 0.717) is 51.7 Å². The van der Waals surface area contributed by atoms with Crippen LogP contribution in [0.1, 0.15) is 36.9 Å². The first-order valence-corrected chi connectivity index (χ1v) is 11.5. The Bertz CT molecular complexity index is 905. The number of benzene rings is 1. The number of carbonyl (C=O) groups is 2. The van der Waals surface area contributed by atoms with Crippen molar-refractivity contribution >= 4 is 11.8 Å². The molecule has 2 aromatic rings. The molecule has 170 valence electrons. The van der Waals surface area contributed by atoms with E-state index in [0.717, 1.165) is 36.3 Å². The first-order valence-electron chi connectivity index (χ1n) is 11.5. The second-order valence-electron chi connectivity index (χ2n) is 8.65. The predicted molar refractivity (Wildman–Crippen MR) is 122 cm³/mol. The molecule has 4 rings (SSSR count). The largest absolute Gasteiger partial charge is 0.493 e. The van der Waals surface area contributed by atoms with Gasteiger partial charge < -0.3 is 20.3 Å². The maximum Gasteiger partial charge on any atom is 0.236 e. The van der Waals surface area contributed by atoms with E-state index in [4.69, 9.17) is 4.74 Å². The van der Waals surface area contributed by atoms with E-state index >= 15 is 0 Å². The molecule has 2 aliphatic rings.